The second-order valence-electron chi connectivity index (χ2n) is 3.93. The van der Waals surface area contributed by atoms with Gasteiger partial charge in [0.1, 0.15) is 5.75 Å². The topological polar surface area (TPSA) is 27.7 Å². The summed E-state index contributed by atoms with van der Waals surface area (Å²) in [6, 6.07) is 7.92. The van der Waals surface area contributed by atoms with E-state index in [1.165, 1.54) is 0 Å². The van der Waals surface area contributed by atoms with Gasteiger partial charge in [0.05, 0.1) is 20.3 Å². The van der Waals surface area contributed by atoms with Gasteiger partial charge in [0.25, 0.3) is 0 Å². The highest BCUT2D eigenvalue weighted by molar-refractivity contribution is 5.31. The van der Waals surface area contributed by atoms with Crippen LogP contribution >= 0.6 is 0 Å². The third-order valence-electron chi connectivity index (χ3n) is 2.84. The zero-order valence-corrected chi connectivity index (χ0v) is 9.86. The number of hydrogen-bond acceptors (Lipinski definition) is 3. The van der Waals surface area contributed by atoms with Crippen molar-refractivity contribution in [3.8, 4) is 5.75 Å². The molecule has 0 unspecified atom stereocenters. The quantitative estimate of drug-likeness (QED) is 0.784. The lowest BCUT2D eigenvalue weighted by Gasteiger charge is -2.27. The van der Waals surface area contributed by atoms with Crippen LogP contribution in [0.5, 0.6) is 5.75 Å². The summed E-state index contributed by atoms with van der Waals surface area (Å²) >= 11 is 0. The van der Waals surface area contributed by atoms with Crippen molar-refractivity contribution < 1.29 is 14.2 Å². The van der Waals surface area contributed by atoms with Crippen LogP contribution in [0, 0.1) is 0 Å². The molecule has 1 fully saturated rings. The third kappa shape index (κ3) is 2.06. The van der Waals surface area contributed by atoms with Crippen molar-refractivity contribution in [3.05, 3.63) is 29.8 Å². The van der Waals surface area contributed by atoms with Crippen LogP contribution in [0.3, 0.4) is 0 Å². The summed E-state index contributed by atoms with van der Waals surface area (Å²) in [7, 11) is 1.67. The molecule has 0 amide bonds. The minimum absolute atomic E-state index is 0.552. The summed E-state index contributed by atoms with van der Waals surface area (Å²) in [6.07, 6.45) is 1.90. The molecule has 0 N–H and O–H groups in total. The first kappa shape index (κ1) is 11.4. The zero-order chi connectivity index (χ0) is 11.4. The summed E-state index contributed by atoms with van der Waals surface area (Å²) in [5, 5.41) is 0. The molecule has 1 aliphatic heterocycles. The van der Waals surface area contributed by atoms with Gasteiger partial charge in [0.15, 0.2) is 5.79 Å². The van der Waals surface area contributed by atoms with Gasteiger partial charge in [-0.05, 0) is 12.1 Å². The van der Waals surface area contributed by atoms with Crippen molar-refractivity contribution in [3.63, 3.8) is 0 Å². The Balaban J connectivity index is 2.30. The number of hydrogen-bond donors (Lipinski definition) is 0. The van der Waals surface area contributed by atoms with E-state index < -0.39 is 5.79 Å². The van der Waals surface area contributed by atoms with E-state index in [2.05, 4.69) is 6.92 Å². The molecule has 0 radical (unpaired) electrons. The summed E-state index contributed by atoms with van der Waals surface area (Å²) in [5.41, 5.74) is 1.05. The Morgan fingerprint density at radius 2 is 2.06 bits per heavy atom. The summed E-state index contributed by atoms with van der Waals surface area (Å²) in [5.74, 6) is 0.288. The molecule has 1 heterocycles. The Bertz CT molecular complexity index is 343. The lowest BCUT2D eigenvalue weighted by atomic mass is 10.0. The van der Waals surface area contributed by atoms with Gasteiger partial charge in [-0.3, -0.25) is 0 Å². The van der Waals surface area contributed by atoms with Crippen LogP contribution in [0.25, 0.3) is 0 Å². The van der Waals surface area contributed by atoms with Gasteiger partial charge in [0.2, 0.25) is 0 Å². The van der Waals surface area contributed by atoms with E-state index in [9.17, 15) is 0 Å². The first-order chi connectivity index (χ1) is 7.80. The number of rotatable bonds is 4. The largest absolute Gasteiger partial charge is 0.497 e. The monoisotopic (exact) mass is 222 g/mol. The molecule has 1 saturated heterocycles. The van der Waals surface area contributed by atoms with Gasteiger partial charge in [-0.15, -0.1) is 0 Å². The predicted octanol–water partition coefficient (Wildman–Crippen LogP) is 2.69. The SMILES string of the molecule is CCCC1(c2cccc(OC)c2)OCCO1. The van der Waals surface area contributed by atoms with Crippen LogP contribution in [-0.4, -0.2) is 20.3 Å². The van der Waals surface area contributed by atoms with E-state index in [0.29, 0.717) is 13.2 Å². The molecule has 2 rings (SSSR count). The average Bonchev–Trinajstić information content (AvgIpc) is 2.80. The Kier molecular flexibility index (Phi) is 3.46. The van der Waals surface area contributed by atoms with Crippen molar-refractivity contribution in [2.24, 2.45) is 0 Å². The third-order valence-corrected chi connectivity index (χ3v) is 2.84. The molecule has 0 atom stereocenters. The molecule has 1 aromatic carbocycles. The summed E-state index contributed by atoms with van der Waals surface area (Å²) < 4.78 is 16.8. The van der Waals surface area contributed by atoms with Crippen molar-refractivity contribution in [2.75, 3.05) is 20.3 Å². The standard InChI is InChI=1S/C13H18O3/c1-3-7-13(15-8-9-16-13)11-5-4-6-12(10-11)14-2/h4-6,10H,3,7-9H2,1-2H3. The van der Waals surface area contributed by atoms with Gasteiger partial charge in [-0.1, -0.05) is 25.5 Å². The van der Waals surface area contributed by atoms with E-state index in [-0.39, 0.29) is 0 Å². The highest BCUT2D eigenvalue weighted by atomic mass is 16.7. The van der Waals surface area contributed by atoms with E-state index >= 15 is 0 Å². The van der Waals surface area contributed by atoms with Gasteiger partial charge in [-0.2, -0.15) is 0 Å². The van der Waals surface area contributed by atoms with Gasteiger partial charge < -0.3 is 14.2 Å². The molecule has 16 heavy (non-hydrogen) atoms. The molecule has 1 aromatic rings. The number of methoxy groups -OCH3 is 1. The lowest BCUT2D eigenvalue weighted by Crippen LogP contribution is -2.26. The fourth-order valence-corrected chi connectivity index (χ4v) is 2.10. The van der Waals surface area contributed by atoms with Gasteiger partial charge >= 0.3 is 0 Å². The van der Waals surface area contributed by atoms with Crippen LogP contribution in [-0.2, 0) is 15.3 Å². The van der Waals surface area contributed by atoms with E-state index in [4.69, 9.17) is 14.2 Å². The lowest BCUT2D eigenvalue weighted by molar-refractivity contribution is -0.171. The summed E-state index contributed by atoms with van der Waals surface area (Å²) in [6.45, 7) is 3.46. The maximum atomic E-state index is 5.79. The zero-order valence-electron chi connectivity index (χ0n) is 9.86. The number of benzene rings is 1. The first-order valence-electron chi connectivity index (χ1n) is 5.73. The second kappa shape index (κ2) is 4.85. The van der Waals surface area contributed by atoms with Gasteiger partial charge in [0, 0.05) is 12.0 Å². The Hall–Kier alpha value is -1.06. The normalized spacial score (nSPS) is 18.6. The Morgan fingerprint density at radius 1 is 1.31 bits per heavy atom. The van der Waals surface area contributed by atoms with Crippen molar-refractivity contribution in [1.29, 1.82) is 0 Å². The maximum Gasteiger partial charge on any atom is 0.195 e. The maximum absolute atomic E-state index is 5.79. The van der Waals surface area contributed by atoms with Crippen molar-refractivity contribution >= 4 is 0 Å². The molecule has 0 aromatic heterocycles. The van der Waals surface area contributed by atoms with Crippen LogP contribution in [0.4, 0.5) is 0 Å². The van der Waals surface area contributed by atoms with E-state index in [1.54, 1.807) is 7.11 Å². The second-order valence-corrected chi connectivity index (χ2v) is 3.93. The minimum atomic E-state index is -0.552. The van der Waals surface area contributed by atoms with Crippen LogP contribution in [0.2, 0.25) is 0 Å². The molecule has 0 saturated carbocycles. The minimum Gasteiger partial charge on any atom is -0.497 e. The fraction of sp³-hybridized carbons (Fsp3) is 0.538. The molecule has 0 spiro atoms. The fourth-order valence-electron chi connectivity index (χ4n) is 2.10. The van der Waals surface area contributed by atoms with Crippen LogP contribution in [0.1, 0.15) is 25.3 Å². The van der Waals surface area contributed by atoms with Crippen molar-refractivity contribution in [1.82, 2.24) is 0 Å². The molecule has 3 nitrogen and oxygen atoms in total. The first-order valence-corrected chi connectivity index (χ1v) is 5.73. The molecular formula is C13H18O3. The molecule has 88 valence electrons. The van der Waals surface area contributed by atoms with E-state index in [1.807, 2.05) is 24.3 Å². The Labute approximate surface area is 96.3 Å². The van der Waals surface area contributed by atoms with Crippen LogP contribution in [0.15, 0.2) is 24.3 Å². The average molecular weight is 222 g/mol. The van der Waals surface area contributed by atoms with E-state index in [0.717, 1.165) is 24.2 Å². The van der Waals surface area contributed by atoms with Gasteiger partial charge in [-0.25, -0.2) is 0 Å². The molecule has 1 aliphatic rings. The van der Waals surface area contributed by atoms with Crippen LogP contribution < -0.4 is 4.74 Å². The highest BCUT2D eigenvalue weighted by Gasteiger charge is 2.37. The molecular weight excluding hydrogens is 204 g/mol. The smallest absolute Gasteiger partial charge is 0.195 e. The molecule has 0 bridgehead atoms. The van der Waals surface area contributed by atoms with Crippen molar-refractivity contribution in [2.45, 2.75) is 25.6 Å². The number of ether oxygens (including phenoxy) is 3. The molecule has 3 heteroatoms. The Morgan fingerprint density at radius 3 is 2.69 bits per heavy atom. The molecule has 0 aliphatic carbocycles. The summed E-state index contributed by atoms with van der Waals surface area (Å²) in [4.78, 5) is 0. The highest BCUT2D eigenvalue weighted by Crippen LogP contribution is 2.37. The predicted molar refractivity (Wildman–Crippen MR) is 61.5 cm³/mol.